The lowest BCUT2D eigenvalue weighted by Crippen LogP contribution is -3.10. The van der Waals surface area contributed by atoms with Crippen LogP contribution >= 0.6 is 15.9 Å². The van der Waals surface area contributed by atoms with Crippen molar-refractivity contribution in [2.75, 3.05) is 20.1 Å². The van der Waals surface area contributed by atoms with Gasteiger partial charge in [0.05, 0.1) is 24.5 Å². The third kappa shape index (κ3) is 4.02. The quantitative estimate of drug-likeness (QED) is 0.827. The van der Waals surface area contributed by atoms with Crippen LogP contribution in [0.1, 0.15) is 19.3 Å². The molecule has 1 unspecified atom stereocenters. The van der Waals surface area contributed by atoms with Gasteiger partial charge in [-0.2, -0.15) is 0 Å². The maximum Gasteiger partial charge on any atom is 0.240 e. The molecule has 6 heteroatoms. The molecule has 0 aromatic heterocycles. The number of quaternary nitrogens is 1. The second-order valence-corrected chi connectivity index (χ2v) is 7.76. The molecule has 2 atom stereocenters. The smallest absolute Gasteiger partial charge is 0.240 e. The first kappa shape index (κ1) is 15.0. The second-order valence-electron chi connectivity index (χ2n) is 5.08. The van der Waals surface area contributed by atoms with Crippen LogP contribution in [0, 0.1) is 0 Å². The molecular weight excluding hydrogens is 328 g/mol. The van der Waals surface area contributed by atoms with E-state index in [1.54, 1.807) is 24.3 Å². The molecule has 1 aliphatic rings. The van der Waals surface area contributed by atoms with E-state index in [0.717, 1.165) is 10.9 Å². The highest BCUT2D eigenvalue weighted by Gasteiger charge is 2.25. The van der Waals surface area contributed by atoms with E-state index in [1.807, 2.05) is 0 Å². The number of benzene rings is 1. The van der Waals surface area contributed by atoms with Gasteiger partial charge in [0.1, 0.15) is 0 Å². The molecule has 2 N–H and O–H groups in total. The topological polar surface area (TPSA) is 50.6 Å². The molecule has 106 valence electrons. The summed E-state index contributed by atoms with van der Waals surface area (Å²) >= 11 is 3.30. The minimum atomic E-state index is -3.37. The number of hydrogen-bond donors (Lipinski definition) is 2. The maximum absolute atomic E-state index is 12.1. The highest BCUT2D eigenvalue weighted by Crippen LogP contribution is 2.14. The van der Waals surface area contributed by atoms with Gasteiger partial charge in [0, 0.05) is 30.3 Å². The molecule has 1 fully saturated rings. The Balaban J connectivity index is 1.89. The third-order valence-electron chi connectivity index (χ3n) is 3.73. The summed E-state index contributed by atoms with van der Waals surface area (Å²) in [7, 11) is -1.18. The summed E-state index contributed by atoms with van der Waals surface area (Å²) in [6.45, 7) is 1.71. The van der Waals surface area contributed by atoms with Gasteiger partial charge in [-0.25, -0.2) is 13.1 Å². The van der Waals surface area contributed by atoms with E-state index >= 15 is 0 Å². The van der Waals surface area contributed by atoms with Crippen LogP contribution in [0.5, 0.6) is 0 Å². The lowest BCUT2D eigenvalue weighted by Gasteiger charge is -2.16. The van der Waals surface area contributed by atoms with Crippen molar-refractivity contribution in [3.63, 3.8) is 0 Å². The van der Waals surface area contributed by atoms with Crippen LogP contribution in [0.4, 0.5) is 0 Å². The minimum Gasteiger partial charge on any atom is -0.335 e. The van der Waals surface area contributed by atoms with E-state index in [2.05, 4.69) is 27.7 Å². The summed E-state index contributed by atoms with van der Waals surface area (Å²) in [5, 5.41) is 0. The molecule has 0 saturated carbocycles. The molecule has 0 bridgehead atoms. The average molecular weight is 348 g/mol. The molecule has 2 rings (SSSR count). The van der Waals surface area contributed by atoms with Crippen LogP contribution in [0.15, 0.2) is 33.6 Å². The minimum absolute atomic E-state index is 0.322. The Morgan fingerprint density at radius 1 is 1.37 bits per heavy atom. The maximum atomic E-state index is 12.1. The van der Waals surface area contributed by atoms with Gasteiger partial charge in [0.2, 0.25) is 10.0 Å². The molecule has 4 nitrogen and oxygen atoms in total. The fraction of sp³-hybridized carbons (Fsp3) is 0.538. The molecule has 1 aromatic carbocycles. The molecule has 1 aliphatic heterocycles. The Morgan fingerprint density at radius 3 is 2.63 bits per heavy atom. The normalized spacial score (nSPS) is 23.7. The monoisotopic (exact) mass is 347 g/mol. The fourth-order valence-electron chi connectivity index (χ4n) is 2.53. The highest BCUT2D eigenvalue weighted by molar-refractivity contribution is 9.10. The van der Waals surface area contributed by atoms with Crippen molar-refractivity contribution in [3.8, 4) is 0 Å². The van der Waals surface area contributed by atoms with E-state index in [-0.39, 0.29) is 0 Å². The first-order valence-electron chi connectivity index (χ1n) is 6.56. The average Bonchev–Trinajstić information content (AvgIpc) is 2.75. The van der Waals surface area contributed by atoms with Crippen molar-refractivity contribution in [2.45, 2.75) is 30.2 Å². The highest BCUT2D eigenvalue weighted by atomic mass is 79.9. The van der Waals surface area contributed by atoms with Crippen LogP contribution in [0.2, 0.25) is 0 Å². The predicted molar refractivity (Wildman–Crippen MR) is 78.7 cm³/mol. The molecular formula is C13H20BrN2O2S+. The van der Waals surface area contributed by atoms with Gasteiger partial charge in [0.25, 0.3) is 0 Å². The van der Waals surface area contributed by atoms with Crippen molar-refractivity contribution < 1.29 is 13.3 Å². The molecule has 0 amide bonds. The number of hydrogen-bond acceptors (Lipinski definition) is 2. The van der Waals surface area contributed by atoms with Gasteiger partial charge >= 0.3 is 0 Å². The summed E-state index contributed by atoms with van der Waals surface area (Å²) in [4.78, 5) is 1.84. The summed E-state index contributed by atoms with van der Waals surface area (Å²) in [6.07, 6.45) is 3.35. The number of likely N-dealkylation sites (tertiary alicyclic amines) is 1. The van der Waals surface area contributed by atoms with Crippen molar-refractivity contribution in [3.05, 3.63) is 28.7 Å². The summed E-state index contributed by atoms with van der Waals surface area (Å²) in [5.74, 6) is 0. The van der Waals surface area contributed by atoms with E-state index in [4.69, 9.17) is 0 Å². The summed E-state index contributed by atoms with van der Waals surface area (Å²) in [5.41, 5.74) is 0. The molecule has 1 heterocycles. The van der Waals surface area contributed by atoms with Crippen LogP contribution in [-0.4, -0.2) is 34.6 Å². The summed E-state index contributed by atoms with van der Waals surface area (Å²) < 4.78 is 27.7. The van der Waals surface area contributed by atoms with Crippen LogP contribution in [0.3, 0.4) is 0 Å². The van der Waals surface area contributed by atoms with Gasteiger partial charge in [-0.3, -0.25) is 0 Å². The number of sulfonamides is 1. The first-order chi connectivity index (χ1) is 8.99. The third-order valence-corrected chi connectivity index (χ3v) is 5.74. The lowest BCUT2D eigenvalue weighted by atomic mass is 10.1. The molecule has 19 heavy (non-hydrogen) atoms. The molecule has 0 radical (unpaired) electrons. The Labute approximate surface area is 123 Å². The van der Waals surface area contributed by atoms with Gasteiger partial charge in [-0.05, 0) is 24.3 Å². The Morgan fingerprint density at radius 2 is 2.05 bits per heavy atom. The van der Waals surface area contributed by atoms with Crippen molar-refractivity contribution >= 4 is 26.0 Å². The fourth-order valence-corrected chi connectivity index (χ4v) is 3.85. The number of halogens is 1. The number of nitrogens with one attached hydrogen (secondary N) is 2. The van der Waals surface area contributed by atoms with Gasteiger partial charge < -0.3 is 4.90 Å². The van der Waals surface area contributed by atoms with E-state index < -0.39 is 10.0 Å². The Kier molecular flexibility index (Phi) is 5.00. The van der Waals surface area contributed by atoms with Crippen LogP contribution in [0.25, 0.3) is 0 Å². The van der Waals surface area contributed by atoms with Gasteiger partial charge in [0.15, 0.2) is 0 Å². The predicted octanol–water partition coefficient (Wildman–Crippen LogP) is 0.795. The van der Waals surface area contributed by atoms with Gasteiger partial charge in [-0.1, -0.05) is 15.9 Å². The van der Waals surface area contributed by atoms with E-state index in [9.17, 15) is 8.42 Å². The molecule has 1 saturated heterocycles. The number of rotatable bonds is 5. The van der Waals surface area contributed by atoms with Crippen LogP contribution < -0.4 is 9.62 Å². The molecule has 1 aromatic rings. The van der Waals surface area contributed by atoms with Crippen molar-refractivity contribution in [1.82, 2.24) is 4.72 Å². The standard InChI is InChI=1S/C13H19BrN2O2S/c1-16-10-2-3-12(16)8-9-15-19(17,18)13-6-4-11(14)5-7-13/h4-7,12,15H,2-3,8-10H2,1H3/p+1/t12-/m0/s1. The largest absolute Gasteiger partial charge is 0.335 e. The Hall–Kier alpha value is -0.430. The van der Waals surface area contributed by atoms with E-state index in [1.165, 1.54) is 24.3 Å². The Bertz CT molecular complexity index is 516. The zero-order chi connectivity index (χ0) is 13.9. The van der Waals surface area contributed by atoms with Crippen molar-refractivity contribution in [1.29, 1.82) is 0 Å². The van der Waals surface area contributed by atoms with Crippen LogP contribution in [-0.2, 0) is 10.0 Å². The second kappa shape index (κ2) is 6.35. The summed E-state index contributed by atoms with van der Waals surface area (Å²) in [6, 6.07) is 7.29. The molecule has 0 spiro atoms. The lowest BCUT2D eigenvalue weighted by molar-refractivity contribution is -0.892. The SMILES string of the molecule is C[NH+]1CCC[C@H]1CCNS(=O)(=O)c1ccc(Br)cc1. The van der Waals surface area contributed by atoms with E-state index in [0.29, 0.717) is 17.5 Å². The zero-order valence-corrected chi connectivity index (χ0v) is 13.4. The van der Waals surface area contributed by atoms with Gasteiger partial charge in [-0.15, -0.1) is 0 Å². The zero-order valence-electron chi connectivity index (χ0n) is 11.0. The first-order valence-corrected chi connectivity index (χ1v) is 8.84. The molecule has 0 aliphatic carbocycles. The van der Waals surface area contributed by atoms with Crippen molar-refractivity contribution in [2.24, 2.45) is 0 Å².